The molecule has 6 heteroatoms. The molecule has 0 aliphatic rings. The Kier molecular flexibility index (Phi) is 3.61. The lowest BCUT2D eigenvalue weighted by Gasteiger charge is -2.00. The highest BCUT2D eigenvalue weighted by Gasteiger charge is 2.06. The van der Waals surface area contributed by atoms with Crippen LogP contribution in [-0.4, -0.2) is 9.91 Å². The van der Waals surface area contributed by atoms with Gasteiger partial charge >= 0.3 is 0 Å². The number of pyridine rings is 1. The molecule has 0 atom stereocenters. The van der Waals surface area contributed by atoms with Gasteiger partial charge in [0.1, 0.15) is 11.2 Å². The van der Waals surface area contributed by atoms with E-state index in [0.29, 0.717) is 10.0 Å². The molecule has 0 N–H and O–H groups in total. The average Bonchev–Trinajstić information content (AvgIpc) is 2.33. The second-order valence-corrected chi connectivity index (χ2v) is 4.70. The molecule has 0 radical (unpaired) electrons. The van der Waals surface area contributed by atoms with Gasteiger partial charge in [-0.05, 0) is 30.3 Å². The smallest absolute Gasteiger partial charge is 0.258 e. The van der Waals surface area contributed by atoms with Gasteiger partial charge in [0.05, 0.1) is 4.92 Å². The molecule has 0 saturated carbocycles. The molecule has 0 spiro atoms. The van der Waals surface area contributed by atoms with Gasteiger partial charge in [-0.2, -0.15) is 0 Å². The highest BCUT2D eigenvalue weighted by Crippen LogP contribution is 2.27. The van der Waals surface area contributed by atoms with Crippen molar-refractivity contribution in [1.82, 2.24) is 4.98 Å². The molecule has 86 valence electrons. The summed E-state index contributed by atoms with van der Waals surface area (Å²) in [4.78, 5) is 15.0. The average molecular weight is 267 g/mol. The number of benzene rings is 1. The van der Waals surface area contributed by atoms with E-state index >= 15 is 0 Å². The van der Waals surface area contributed by atoms with E-state index < -0.39 is 4.92 Å². The van der Waals surface area contributed by atoms with Crippen LogP contribution in [0.25, 0.3) is 0 Å². The van der Waals surface area contributed by atoms with Crippen LogP contribution in [0.15, 0.2) is 52.5 Å². The molecule has 1 aromatic carbocycles. The van der Waals surface area contributed by atoms with Crippen LogP contribution in [0.2, 0.25) is 5.02 Å². The zero-order valence-electron chi connectivity index (χ0n) is 8.54. The minimum absolute atomic E-state index is 0.00884. The van der Waals surface area contributed by atoms with Crippen molar-refractivity contribution < 1.29 is 4.92 Å². The molecule has 0 saturated heterocycles. The Morgan fingerprint density at radius 1 is 1.18 bits per heavy atom. The molecule has 0 aliphatic heterocycles. The predicted molar refractivity (Wildman–Crippen MR) is 66.5 cm³/mol. The van der Waals surface area contributed by atoms with Crippen molar-refractivity contribution in [3.05, 3.63) is 57.7 Å². The summed E-state index contributed by atoms with van der Waals surface area (Å²) in [5, 5.41) is 11.8. The summed E-state index contributed by atoms with van der Waals surface area (Å²) >= 11 is 7.19. The molecule has 1 heterocycles. The normalized spacial score (nSPS) is 10.2. The summed E-state index contributed by atoms with van der Waals surface area (Å²) in [6.07, 6.45) is 1.25. The van der Waals surface area contributed by atoms with Crippen LogP contribution in [0.1, 0.15) is 0 Å². The summed E-state index contributed by atoms with van der Waals surface area (Å²) in [6.45, 7) is 0. The maximum Gasteiger partial charge on any atom is 0.287 e. The van der Waals surface area contributed by atoms with Crippen LogP contribution >= 0.6 is 23.4 Å². The predicted octanol–water partition coefficient (Wildman–Crippen LogP) is 3.79. The largest absolute Gasteiger partial charge is 0.287 e. The lowest BCUT2D eigenvalue weighted by Crippen LogP contribution is -1.89. The molecule has 0 fully saturated rings. The highest BCUT2D eigenvalue weighted by atomic mass is 35.5. The van der Waals surface area contributed by atoms with Gasteiger partial charge in [-0.3, -0.25) is 10.1 Å². The van der Waals surface area contributed by atoms with Crippen molar-refractivity contribution >= 4 is 29.1 Å². The van der Waals surface area contributed by atoms with Crippen LogP contribution in [-0.2, 0) is 0 Å². The topological polar surface area (TPSA) is 56.0 Å². The van der Waals surface area contributed by atoms with E-state index in [-0.39, 0.29) is 5.69 Å². The lowest BCUT2D eigenvalue weighted by molar-refractivity contribution is -0.385. The fraction of sp³-hybridized carbons (Fsp3) is 0. The van der Waals surface area contributed by atoms with Gasteiger partial charge < -0.3 is 0 Å². The molecule has 0 unspecified atom stereocenters. The quantitative estimate of drug-likeness (QED) is 0.626. The Hall–Kier alpha value is -1.59. The van der Waals surface area contributed by atoms with Gasteiger partial charge in [-0.1, -0.05) is 23.4 Å². The first kappa shape index (κ1) is 11.9. The van der Waals surface area contributed by atoms with Gasteiger partial charge in [0, 0.05) is 16.0 Å². The summed E-state index contributed by atoms with van der Waals surface area (Å²) in [5.74, 6) is 0. The molecular weight excluding hydrogens is 260 g/mol. The van der Waals surface area contributed by atoms with Crippen molar-refractivity contribution in [3.63, 3.8) is 0 Å². The third-order valence-corrected chi connectivity index (χ3v) is 3.18. The third-order valence-electron chi connectivity index (χ3n) is 1.97. The molecule has 2 rings (SSSR count). The Balaban J connectivity index is 2.13. The first-order chi connectivity index (χ1) is 8.15. The van der Waals surface area contributed by atoms with E-state index in [4.69, 9.17) is 11.6 Å². The van der Waals surface area contributed by atoms with Crippen molar-refractivity contribution in [2.45, 2.75) is 9.92 Å². The minimum atomic E-state index is -0.469. The Labute approximate surface area is 107 Å². The number of halogens is 1. The summed E-state index contributed by atoms with van der Waals surface area (Å²) < 4.78 is 0. The standard InChI is InChI=1S/C11H7ClN2O2S/c12-8-1-4-10(5-2-8)17-11-6-3-9(7-13-11)14(15)16/h1-7H. The van der Waals surface area contributed by atoms with Crippen molar-refractivity contribution in [3.8, 4) is 0 Å². The second-order valence-electron chi connectivity index (χ2n) is 3.17. The van der Waals surface area contributed by atoms with Crippen LogP contribution in [0.3, 0.4) is 0 Å². The Bertz CT molecular complexity index is 528. The van der Waals surface area contributed by atoms with Gasteiger partial charge in [0.15, 0.2) is 0 Å². The van der Waals surface area contributed by atoms with Gasteiger partial charge in [-0.15, -0.1) is 0 Å². The fourth-order valence-electron chi connectivity index (χ4n) is 1.16. The fourth-order valence-corrected chi connectivity index (χ4v) is 2.05. The van der Waals surface area contributed by atoms with Gasteiger partial charge in [0.2, 0.25) is 0 Å². The maximum absolute atomic E-state index is 10.5. The van der Waals surface area contributed by atoms with Crippen LogP contribution in [0.4, 0.5) is 5.69 Å². The molecule has 2 aromatic rings. The molecule has 1 aromatic heterocycles. The van der Waals surface area contributed by atoms with E-state index in [9.17, 15) is 10.1 Å². The van der Waals surface area contributed by atoms with E-state index in [2.05, 4.69) is 4.98 Å². The van der Waals surface area contributed by atoms with E-state index in [0.717, 1.165) is 4.90 Å². The first-order valence-corrected chi connectivity index (χ1v) is 5.88. The van der Waals surface area contributed by atoms with Crippen LogP contribution in [0, 0.1) is 10.1 Å². The lowest BCUT2D eigenvalue weighted by atomic mass is 10.4. The molecular formula is C11H7ClN2O2S. The Morgan fingerprint density at radius 2 is 1.88 bits per heavy atom. The summed E-state index contributed by atoms with van der Waals surface area (Å²) in [6, 6.07) is 10.4. The second kappa shape index (κ2) is 5.16. The summed E-state index contributed by atoms with van der Waals surface area (Å²) in [5.41, 5.74) is -0.00884. The number of hydrogen-bond donors (Lipinski definition) is 0. The van der Waals surface area contributed by atoms with Crippen LogP contribution < -0.4 is 0 Å². The number of hydrogen-bond acceptors (Lipinski definition) is 4. The van der Waals surface area contributed by atoms with Gasteiger partial charge in [0.25, 0.3) is 5.69 Å². The van der Waals surface area contributed by atoms with E-state index in [1.165, 1.54) is 24.0 Å². The Morgan fingerprint density at radius 3 is 2.41 bits per heavy atom. The maximum atomic E-state index is 10.5. The number of nitro groups is 1. The first-order valence-electron chi connectivity index (χ1n) is 4.69. The van der Waals surface area contributed by atoms with E-state index in [1.807, 2.05) is 12.1 Å². The zero-order chi connectivity index (χ0) is 12.3. The van der Waals surface area contributed by atoms with E-state index in [1.54, 1.807) is 18.2 Å². The number of rotatable bonds is 3. The molecule has 0 bridgehead atoms. The molecule has 17 heavy (non-hydrogen) atoms. The summed E-state index contributed by atoms with van der Waals surface area (Å²) in [7, 11) is 0. The minimum Gasteiger partial charge on any atom is -0.258 e. The SMILES string of the molecule is O=[N+]([O-])c1ccc(Sc2ccc(Cl)cc2)nc1. The third kappa shape index (κ3) is 3.18. The molecule has 0 aliphatic carbocycles. The van der Waals surface area contributed by atoms with Crippen molar-refractivity contribution in [1.29, 1.82) is 0 Å². The number of aromatic nitrogens is 1. The van der Waals surface area contributed by atoms with Crippen LogP contribution in [0.5, 0.6) is 0 Å². The van der Waals surface area contributed by atoms with Crippen molar-refractivity contribution in [2.24, 2.45) is 0 Å². The van der Waals surface area contributed by atoms with Gasteiger partial charge in [-0.25, -0.2) is 4.98 Å². The highest BCUT2D eigenvalue weighted by molar-refractivity contribution is 7.99. The molecule has 0 amide bonds. The monoisotopic (exact) mass is 266 g/mol. The number of nitrogens with zero attached hydrogens (tertiary/aromatic N) is 2. The molecule has 4 nitrogen and oxygen atoms in total. The zero-order valence-corrected chi connectivity index (χ0v) is 10.1. The van der Waals surface area contributed by atoms with Crippen molar-refractivity contribution in [2.75, 3.05) is 0 Å².